The molecule has 0 amide bonds. The predicted molar refractivity (Wildman–Crippen MR) is 50.1 cm³/mol. The maximum Gasteiger partial charge on any atom is 0.107 e. The fourth-order valence-electron chi connectivity index (χ4n) is 1.05. The quantitative estimate of drug-likeness (QED) is 0.675. The molecule has 66 valence electrons. The van der Waals surface area contributed by atoms with Crippen molar-refractivity contribution in [1.29, 1.82) is 0 Å². The fraction of sp³-hybridized carbons (Fsp3) is 0.400. The van der Waals surface area contributed by atoms with Crippen molar-refractivity contribution in [2.45, 2.75) is 12.8 Å². The number of furan rings is 1. The van der Waals surface area contributed by atoms with Gasteiger partial charge < -0.3 is 9.73 Å². The minimum absolute atomic E-state index is 0.856. The first-order valence-corrected chi connectivity index (χ1v) is 4.16. The van der Waals surface area contributed by atoms with Gasteiger partial charge in [0.15, 0.2) is 0 Å². The molecule has 0 atom stereocenters. The van der Waals surface area contributed by atoms with Gasteiger partial charge in [-0.2, -0.15) is 0 Å². The number of hydrogen-bond acceptors (Lipinski definition) is 2. The van der Waals surface area contributed by atoms with Crippen molar-refractivity contribution < 1.29 is 4.42 Å². The molecule has 0 spiro atoms. The molecule has 0 aliphatic rings. The lowest BCUT2D eigenvalue weighted by atomic mass is 10.1. The molecule has 0 saturated heterocycles. The smallest absolute Gasteiger partial charge is 0.107 e. The Hall–Kier alpha value is -1.02. The third-order valence-corrected chi connectivity index (χ3v) is 1.73. The van der Waals surface area contributed by atoms with Crippen molar-refractivity contribution >= 4 is 0 Å². The first kappa shape index (κ1) is 9.07. The molecule has 0 bridgehead atoms. The summed E-state index contributed by atoms with van der Waals surface area (Å²) in [6.45, 7) is 4.95. The zero-order valence-electron chi connectivity index (χ0n) is 7.47. The summed E-state index contributed by atoms with van der Waals surface area (Å²) in [7, 11) is 1.94. The summed E-state index contributed by atoms with van der Waals surface area (Å²) in [6.07, 6.45) is 3.56. The Bertz CT molecular complexity index is 226. The molecule has 0 saturated carbocycles. The van der Waals surface area contributed by atoms with E-state index in [1.807, 2.05) is 19.2 Å². The van der Waals surface area contributed by atoms with E-state index in [-0.39, 0.29) is 0 Å². The molecule has 1 heterocycles. The highest BCUT2D eigenvalue weighted by Gasteiger charge is 1.98. The Balaban J connectivity index is 2.27. The van der Waals surface area contributed by atoms with E-state index in [0.717, 1.165) is 25.1 Å². The SMILES string of the molecule is C=C(CCNC)Cc1ccco1. The predicted octanol–water partition coefficient (Wildman–Crippen LogP) is 1.99. The molecule has 1 rings (SSSR count). The van der Waals surface area contributed by atoms with Gasteiger partial charge >= 0.3 is 0 Å². The van der Waals surface area contributed by atoms with Crippen LogP contribution in [0.25, 0.3) is 0 Å². The van der Waals surface area contributed by atoms with Crippen LogP contribution in [0.5, 0.6) is 0 Å². The second-order valence-electron chi connectivity index (χ2n) is 2.86. The molecule has 0 aromatic carbocycles. The molecule has 0 unspecified atom stereocenters. The zero-order valence-corrected chi connectivity index (χ0v) is 7.47. The van der Waals surface area contributed by atoms with E-state index in [0.29, 0.717) is 0 Å². The summed E-state index contributed by atoms with van der Waals surface area (Å²) in [5.41, 5.74) is 1.21. The van der Waals surface area contributed by atoms with E-state index in [1.165, 1.54) is 5.57 Å². The monoisotopic (exact) mass is 165 g/mol. The summed E-state index contributed by atoms with van der Waals surface area (Å²) >= 11 is 0. The Morgan fingerprint density at radius 2 is 2.50 bits per heavy atom. The lowest BCUT2D eigenvalue weighted by molar-refractivity contribution is 0.517. The van der Waals surface area contributed by atoms with Gasteiger partial charge in [-0.15, -0.1) is 0 Å². The van der Waals surface area contributed by atoms with E-state index in [9.17, 15) is 0 Å². The Kier molecular flexibility index (Phi) is 3.61. The molecular weight excluding hydrogens is 150 g/mol. The second kappa shape index (κ2) is 4.78. The normalized spacial score (nSPS) is 10.1. The van der Waals surface area contributed by atoms with Crippen LogP contribution < -0.4 is 5.32 Å². The third kappa shape index (κ3) is 2.93. The van der Waals surface area contributed by atoms with Crippen molar-refractivity contribution in [2.24, 2.45) is 0 Å². The molecule has 0 aliphatic carbocycles. The van der Waals surface area contributed by atoms with Gasteiger partial charge in [0.2, 0.25) is 0 Å². The molecule has 2 nitrogen and oxygen atoms in total. The van der Waals surface area contributed by atoms with E-state index < -0.39 is 0 Å². The highest BCUT2D eigenvalue weighted by Crippen LogP contribution is 2.08. The van der Waals surface area contributed by atoms with Crippen molar-refractivity contribution in [3.05, 3.63) is 36.3 Å². The molecule has 0 aliphatic heterocycles. The number of hydrogen-bond donors (Lipinski definition) is 1. The van der Waals surface area contributed by atoms with Crippen molar-refractivity contribution in [2.75, 3.05) is 13.6 Å². The summed E-state index contributed by atoms with van der Waals surface area (Å²) in [4.78, 5) is 0. The summed E-state index contributed by atoms with van der Waals surface area (Å²) in [6, 6.07) is 3.88. The summed E-state index contributed by atoms with van der Waals surface area (Å²) in [5.74, 6) is 0.996. The van der Waals surface area contributed by atoms with Crippen molar-refractivity contribution in [3.8, 4) is 0 Å². The Labute approximate surface area is 73.3 Å². The number of rotatable bonds is 5. The highest BCUT2D eigenvalue weighted by molar-refractivity contribution is 5.09. The topological polar surface area (TPSA) is 25.2 Å². The molecule has 0 radical (unpaired) electrons. The Morgan fingerprint density at radius 3 is 3.08 bits per heavy atom. The van der Waals surface area contributed by atoms with Gasteiger partial charge in [0.05, 0.1) is 6.26 Å². The molecule has 1 aromatic heterocycles. The van der Waals surface area contributed by atoms with Gasteiger partial charge in [-0.05, 0) is 32.1 Å². The lowest BCUT2D eigenvalue weighted by Crippen LogP contribution is -2.08. The summed E-state index contributed by atoms with van der Waals surface area (Å²) < 4.78 is 5.20. The highest BCUT2D eigenvalue weighted by atomic mass is 16.3. The Morgan fingerprint density at radius 1 is 1.67 bits per heavy atom. The largest absolute Gasteiger partial charge is 0.469 e. The van der Waals surface area contributed by atoms with Crippen LogP contribution in [0.15, 0.2) is 35.0 Å². The van der Waals surface area contributed by atoms with Gasteiger partial charge in [-0.1, -0.05) is 12.2 Å². The first-order valence-electron chi connectivity index (χ1n) is 4.16. The van der Waals surface area contributed by atoms with Crippen LogP contribution in [0, 0.1) is 0 Å². The summed E-state index contributed by atoms with van der Waals surface area (Å²) in [5, 5.41) is 3.09. The number of nitrogens with one attached hydrogen (secondary N) is 1. The van der Waals surface area contributed by atoms with Crippen LogP contribution in [0.3, 0.4) is 0 Å². The molecule has 12 heavy (non-hydrogen) atoms. The van der Waals surface area contributed by atoms with Crippen LogP contribution in [0.1, 0.15) is 12.2 Å². The first-order chi connectivity index (χ1) is 5.83. The van der Waals surface area contributed by atoms with Crippen LogP contribution >= 0.6 is 0 Å². The average Bonchev–Trinajstić information content (AvgIpc) is 2.53. The maximum atomic E-state index is 5.20. The van der Waals surface area contributed by atoms with E-state index in [1.54, 1.807) is 6.26 Å². The van der Waals surface area contributed by atoms with Crippen LogP contribution in [-0.4, -0.2) is 13.6 Å². The van der Waals surface area contributed by atoms with Crippen molar-refractivity contribution in [3.63, 3.8) is 0 Å². The standard InChI is InChI=1S/C10H15NO/c1-9(5-6-11-2)8-10-4-3-7-12-10/h3-4,7,11H,1,5-6,8H2,2H3. The minimum Gasteiger partial charge on any atom is -0.469 e. The van der Waals surface area contributed by atoms with Crippen LogP contribution in [-0.2, 0) is 6.42 Å². The van der Waals surface area contributed by atoms with Gasteiger partial charge in [-0.3, -0.25) is 0 Å². The molecular formula is C10H15NO. The maximum absolute atomic E-state index is 5.20. The van der Waals surface area contributed by atoms with Crippen molar-refractivity contribution in [1.82, 2.24) is 5.32 Å². The van der Waals surface area contributed by atoms with Gasteiger partial charge in [0.1, 0.15) is 5.76 Å². The van der Waals surface area contributed by atoms with Crippen LogP contribution in [0.4, 0.5) is 0 Å². The molecule has 2 heteroatoms. The average molecular weight is 165 g/mol. The second-order valence-corrected chi connectivity index (χ2v) is 2.86. The molecule has 1 aromatic rings. The molecule has 1 N–H and O–H groups in total. The van der Waals surface area contributed by atoms with E-state index in [2.05, 4.69) is 11.9 Å². The van der Waals surface area contributed by atoms with Gasteiger partial charge in [0, 0.05) is 6.42 Å². The molecule has 0 fully saturated rings. The van der Waals surface area contributed by atoms with Crippen LogP contribution in [0.2, 0.25) is 0 Å². The van der Waals surface area contributed by atoms with Gasteiger partial charge in [-0.25, -0.2) is 0 Å². The fourth-order valence-corrected chi connectivity index (χ4v) is 1.05. The zero-order chi connectivity index (χ0) is 8.81. The van der Waals surface area contributed by atoms with E-state index in [4.69, 9.17) is 4.42 Å². The minimum atomic E-state index is 0.856. The lowest BCUT2D eigenvalue weighted by Gasteiger charge is -2.01. The third-order valence-electron chi connectivity index (χ3n) is 1.73. The van der Waals surface area contributed by atoms with E-state index >= 15 is 0 Å². The van der Waals surface area contributed by atoms with Gasteiger partial charge in [0.25, 0.3) is 0 Å².